The first-order valence-electron chi connectivity index (χ1n) is 9.64. The van der Waals surface area contributed by atoms with Gasteiger partial charge >= 0.3 is 0 Å². The third-order valence-electron chi connectivity index (χ3n) is 5.29. The van der Waals surface area contributed by atoms with E-state index in [1.54, 1.807) is 19.2 Å². The van der Waals surface area contributed by atoms with Gasteiger partial charge in [-0.1, -0.05) is 35.9 Å². The minimum absolute atomic E-state index is 0.256. The van der Waals surface area contributed by atoms with Gasteiger partial charge in [-0.25, -0.2) is 0 Å². The fourth-order valence-corrected chi connectivity index (χ4v) is 3.99. The van der Waals surface area contributed by atoms with Crippen LogP contribution < -0.4 is 9.47 Å². The molecule has 1 heterocycles. The van der Waals surface area contributed by atoms with Crippen molar-refractivity contribution >= 4 is 11.6 Å². The first-order chi connectivity index (χ1) is 14.0. The zero-order valence-electron chi connectivity index (χ0n) is 16.6. The van der Waals surface area contributed by atoms with Gasteiger partial charge in [0.2, 0.25) is 0 Å². The molecule has 0 bridgehead atoms. The lowest BCUT2D eigenvalue weighted by Gasteiger charge is -2.20. The second kappa shape index (κ2) is 8.36. The highest BCUT2D eigenvalue weighted by atomic mass is 35.5. The van der Waals surface area contributed by atoms with Gasteiger partial charge in [0.05, 0.1) is 7.11 Å². The average Bonchev–Trinajstić information content (AvgIpc) is 2.92. The molecular formula is C24H24ClNO3. The minimum atomic E-state index is 0.256. The van der Waals surface area contributed by atoms with E-state index in [2.05, 4.69) is 30.0 Å². The molecule has 0 aliphatic carbocycles. The molecule has 0 amide bonds. The quantitative estimate of drug-likeness (QED) is 0.624. The summed E-state index contributed by atoms with van der Waals surface area (Å²) in [5.41, 5.74) is 5.38. The lowest BCUT2D eigenvalue weighted by molar-refractivity contribution is 0.215. The van der Waals surface area contributed by atoms with Gasteiger partial charge in [0, 0.05) is 35.8 Å². The summed E-state index contributed by atoms with van der Waals surface area (Å²) in [6.07, 6.45) is 0. The molecular weight excluding hydrogens is 386 g/mol. The average molecular weight is 410 g/mol. The third kappa shape index (κ3) is 4.19. The number of hydrogen-bond donors (Lipinski definition) is 1. The molecule has 0 spiro atoms. The van der Waals surface area contributed by atoms with Crippen molar-refractivity contribution in [1.82, 2.24) is 4.90 Å². The molecule has 0 fully saturated rings. The molecule has 5 heteroatoms. The van der Waals surface area contributed by atoms with E-state index in [4.69, 9.17) is 21.1 Å². The van der Waals surface area contributed by atoms with Crippen LogP contribution in [0.4, 0.5) is 0 Å². The first-order valence-corrected chi connectivity index (χ1v) is 10.0. The normalized spacial score (nSPS) is 14.0. The van der Waals surface area contributed by atoms with Crippen LogP contribution in [0.5, 0.6) is 17.2 Å². The monoisotopic (exact) mass is 409 g/mol. The van der Waals surface area contributed by atoms with Crippen LogP contribution in [0.25, 0.3) is 11.1 Å². The maximum absolute atomic E-state index is 10.2. The number of methoxy groups -OCH3 is 1. The lowest BCUT2D eigenvalue weighted by Crippen LogP contribution is -2.25. The number of halogens is 1. The van der Waals surface area contributed by atoms with Gasteiger partial charge in [-0.2, -0.15) is 0 Å². The van der Waals surface area contributed by atoms with Crippen molar-refractivity contribution in [2.24, 2.45) is 0 Å². The van der Waals surface area contributed by atoms with Crippen molar-refractivity contribution in [1.29, 1.82) is 0 Å². The Morgan fingerprint density at radius 2 is 1.97 bits per heavy atom. The summed E-state index contributed by atoms with van der Waals surface area (Å²) >= 11 is 6.12. The van der Waals surface area contributed by atoms with Crippen molar-refractivity contribution in [2.75, 3.05) is 20.3 Å². The van der Waals surface area contributed by atoms with Crippen molar-refractivity contribution < 1.29 is 14.6 Å². The molecule has 0 aromatic heterocycles. The second-order valence-corrected chi connectivity index (χ2v) is 7.75. The smallest absolute Gasteiger partial charge is 0.165 e. The molecule has 150 valence electrons. The highest BCUT2D eigenvalue weighted by Crippen LogP contribution is 2.39. The molecule has 0 saturated heterocycles. The maximum Gasteiger partial charge on any atom is 0.165 e. The summed E-state index contributed by atoms with van der Waals surface area (Å²) in [4.78, 5) is 2.25. The topological polar surface area (TPSA) is 41.9 Å². The summed E-state index contributed by atoms with van der Waals surface area (Å²) in [6.45, 7) is 4.68. The van der Waals surface area contributed by atoms with Gasteiger partial charge in [-0.15, -0.1) is 0 Å². The van der Waals surface area contributed by atoms with Crippen LogP contribution in [-0.4, -0.2) is 30.3 Å². The molecule has 3 aromatic rings. The van der Waals surface area contributed by atoms with Crippen molar-refractivity contribution in [3.8, 4) is 28.4 Å². The Morgan fingerprint density at radius 3 is 2.76 bits per heavy atom. The molecule has 0 saturated carbocycles. The maximum atomic E-state index is 10.2. The molecule has 1 N–H and O–H groups in total. The molecule has 4 rings (SSSR count). The lowest BCUT2D eigenvalue weighted by atomic mass is 9.97. The van der Waals surface area contributed by atoms with Crippen LogP contribution in [0.3, 0.4) is 0 Å². The first kappa shape index (κ1) is 19.6. The van der Waals surface area contributed by atoms with E-state index in [1.165, 1.54) is 11.1 Å². The Kier molecular flexibility index (Phi) is 5.65. The van der Waals surface area contributed by atoms with E-state index in [9.17, 15) is 5.11 Å². The Morgan fingerprint density at radius 1 is 1.14 bits per heavy atom. The van der Waals surface area contributed by atoms with Crippen LogP contribution in [-0.2, 0) is 13.1 Å². The number of aryl methyl sites for hydroxylation is 1. The highest BCUT2D eigenvalue weighted by molar-refractivity contribution is 6.30. The number of ether oxygens (including phenoxy) is 2. The molecule has 0 atom stereocenters. The number of phenolic OH excluding ortho intramolecular Hbond substituents is 1. The number of phenols is 1. The van der Waals surface area contributed by atoms with E-state index in [-0.39, 0.29) is 5.75 Å². The van der Waals surface area contributed by atoms with Gasteiger partial charge in [0.25, 0.3) is 0 Å². The Labute approximate surface area is 176 Å². The van der Waals surface area contributed by atoms with Crippen LogP contribution >= 0.6 is 11.6 Å². The van der Waals surface area contributed by atoms with Gasteiger partial charge in [-0.05, 0) is 53.9 Å². The Bertz CT molecular complexity index is 1030. The fraction of sp³-hybridized carbons (Fsp3) is 0.250. The van der Waals surface area contributed by atoms with E-state index in [0.717, 1.165) is 34.7 Å². The molecule has 3 aromatic carbocycles. The third-order valence-corrected chi connectivity index (χ3v) is 5.53. The predicted octanol–water partition coefficient (Wildman–Crippen LogP) is 5.42. The number of hydrogen-bond acceptors (Lipinski definition) is 4. The SMILES string of the molecule is COc1cc(-c2ccccc2C)cc2c1OCCN(Cc1cc(Cl)ccc1O)C2. The van der Waals surface area contributed by atoms with Gasteiger partial charge in [0.1, 0.15) is 12.4 Å². The van der Waals surface area contributed by atoms with Crippen LogP contribution in [0.15, 0.2) is 54.6 Å². The number of fused-ring (bicyclic) bond motifs is 1. The van der Waals surface area contributed by atoms with Crippen molar-refractivity contribution in [2.45, 2.75) is 20.0 Å². The van der Waals surface area contributed by atoms with Crippen LogP contribution in [0, 0.1) is 6.92 Å². The standard InChI is InChI=1S/C24H24ClNO3/c1-16-5-3-4-6-21(16)17-11-19-15-26(9-10-29-24(19)23(13-17)28-2)14-18-12-20(25)7-8-22(18)27/h3-8,11-13,27H,9-10,14-15H2,1-2H3. The fourth-order valence-electron chi connectivity index (χ4n) is 3.80. The number of nitrogens with zero attached hydrogens (tertiary/aromatic N) is 1. The second-order valence-electron chi connectivity index (χ2n) is 7.31. The van der Waals surface area contributed by atoms with E-state index >= 15 is 0 Å². The summed E-state index contributed by atoms with van der Waals surface area (Å²) in [5, 5.41) is 10.8. The van der Waals surface area contributed by atoms with Crippen LogP contribution in [0.2, 0.25) is 5.02 Å². The van der Waals surface area contributed by atoms with Gasteiger partial charge < -0.3 is 14.6 Å². The molecule has 0 radical (unpaired) electrons. The Hall–Kier alpha value is -2.69. The van der Waals surface area contributed by atoms with E-state index < -0.39 is 0 Å². The number of rotatable bonds is 4. The summed E-state index contributed by atoms with van der Waals surface area (Å²) in [6, 6.07) is 17.7. The molecule has 29 heavy (non-hydrogen) atoms. The van der Waals surface area contributed by atoms with E-state index in [1.807, 2.05) is 24.3 Å². The Balaban J connectivity index is 1.69. The molecule has 4 nitrogen and oxygen atoms in total. The summed E-state index contributed by atoms with van der Waals surface area (Å²) in [5.74, 6) is 1.79. The van der Waals surface area contributed by atoms with Crippen LogP contribution in [0.1, 0.15) is 16.7 Å². The van der Waals surface area contributed by atoms with Crippen molar-refractivity contribution in [3.05, 3.63) is 76.3 Å². The summed E-state index contributed by atoms with van der Waals surface area (Å²) < 4.78 is 11.7. The largest absolute Gasteiger partial charge is 0.508 e. The number of aromatic hydroxyl groups is 1. The van der Waals surface area contributed by atoms with Crippen molar-refractivity contribution in [3.63, 3.8) is 0 Å². The minimum Gasteiger partial charge on any atom is -0.508 e. The molecule has 0 unspecified atom stereocenters. The number of benzene rings is 3. The van der Waals surface area contributed by atoms with Gasteiger partial charge in [0.15, 0.2) is 11.5 Å². The zero-order valence-corrected chi connectivity index (χ0v) is 17.4. The molecule has 1 aliphatic heterocycles. The predicted molar refractivity (Wildman–Crippen MR) is 116 cm³/mol. The van der Waals surface area contributed by atoms with Gasteiger partial charge in [-0.3, -0.25) is 4.90 Å². The highest BCUT2D eigenvalue weighted by Gasteiger charge is 2.21. The molecule has 1 aliphatic rings. The summed E-state index contributed by atoms with van der Waals surface area (Å²) in [7, 11) is 1.67. The zero-order chi connectivity index (χ0) is 20.4. The van der Waals surface area contributed by atoms with E-state index in [0.29, 0.717) is 24.7 Å².